The lowest BCUT2D eigenvalue weighted by Gasteiger charge is -2.32. The molecule has 1 saturated heterocycles. The minimum atomic E-state index is -3.72. The summed E-state index contributed by atoms with van der Waals surface area (Å²) in [7, 11) is -1.34. The first kappa shape index (κ1) is 4.99. The molecule has 0 bridgehead atoms. The van der Waals surface area contributed by atoms with Gasteiger partial charge in [-0.05, 0) is 39.6 Å². The van der Waals surface area contributed by atoms with Gasteiger partial charge < -0.3 is 13.9 Å². The summed E-state index contributed by atoms with van der Waals surface area (Å²) >= 11 is 0. The van der Waals surface area contributed by atoms with Crippen LogP contribution in [0.3, 0.4) is 0 Å². The van der Waals surface area contributed by atoms with E-state index in [2.05, 4.69) is 0 Å². The normalized spacial score (nSPS) is 34.3. The Morgan fingerprint density at radius 3 is 2.61 bits per heavy atom. The zero-order valence-electron chi connectivity index (χ0n) is 22.8. The molecule has 2 heterocycles. The molecule has 0 amide bonds. The van der Waals surface area contributed by atoms with Gasteiger partial charge in [-0.3, -0.25) is 0 Å². The lowest BCUT2D eigenvalue weighted by atomic mass is 9.81. The molecule has 2 rings (SSSR count). The van der Waals surface area contributed by atoms with Crippen LogP contribution in [0, 0.1) is 5.89 Å². The molecule has 1 aliphatic rings. The van der Waals surface area contributed by atoms with Gasteiger partial charge in [0.15, 0.2) is 0 Å². The van der Waals surface area contributed by atoms with E-state index in [1.54, 1.807) is 27.7 Å². The van der Waals surface area contributed by atoms with E-state index >= 15 is 0 Å². The van der Waals surface area contributed by atoms with E-state index in [9.17, 15) is 0 Å². The van der Waals surface area contributed by atoms with Gasteiger partial charge >= 0.3 is 7.12 Å². The second-order valence-corrected chi connectivity index (χ2v) is 5.17. The van der Waals surface area contributed by atoms with Crippen molar-refractivity contribution in [3.63, 3.8) is 0 Å². The molecule has 0 aliphatic carbocycles. The molecule has 1 aliphatic heterocycles. The van der Waals surface area contributed by atoms with Gasteiger partial charge in [-0.25, -0.2) is 0 Å². The Balaban J connectivity index is 2.75. The van der Waals surface area contributed by atoms with E-state index in [1.807, 2.05) is 0 Å². The first-order valence-corrected chi connectivity index (χ1v) is 5.59. The van der Waals surface area contributed by atoms with Crippen LogP contribution in [-0.2, 0) is 15.8 Å². The molecule has 0 saturated carbocycles. The average molecular weight is 261 g/mol. The molecule has 0 spiro atoms. The van der Waals surface area contributed by atoms with Crippen LogP contribution in [0.5, 0.6) is 0 Å². The van der Waals surface area contributed by atoms with Crippen molar-refractivity contribution in [2.45, 2.75) is 59.1 Å². The van der Waals surface area contributed by atoms with Crippen molar-refractivity contribution in [1.82, 2.24) is 4.57 Å². The second kappa shape index (κ2) is 4.43. The SMILES string of the molecule is [2H]c1c(B2OC(C)(C)C(C)(C)O2)c([2H])n(C([2H])([2H])C([2H])(C([2H])([2H])[2H])C([2H])([2H])[2H])c1[2H]. The summed E-state index contributed by atoms with van der Waals surface area (Å²) in [5, 5.41) is 0. The van der Waals surface area contributed by atoms with Gasteiger partial charge in [-0.1, -0.05) is 13.7 Å². The van der Waals surface area contributed by atoms with Crippen molar-refractivity contribution in [3.8, 4) is 0 Å². The van der Waals surface area contributed by atoms with Crippen molar-refractivity contribution in [3.05, 3.63) is 18.4 Å². The highest BCUT2D eigenvalue weighted by Gasteiger charge is 2.51. The topological polar surface area (TPSA) is 23.4 Å². The van der Waals surface area contributed by atoms with Crippen LogP contribution in [-0.4, -0.2) is 22.9 Å². The Bertz CT molecular complexity index is 811. The molecule has 0 atom stereocenters. The standard InChI is InChI=1S/C14H24BNO2/c1-11(2)9-16-8-7-12(10-16)15-17-13(3,4)14(5,6)18-15/h7-8,10-11H,9H2,1-6H3/i1D3,2D3,7D,8D,9D2,10D,11D. The van der Waals surface area contributed by atoms with Crippen molar-refractivity contribution in [2.75, 3.05) is 0 Å². The summed E-state index contributed by atoms with van der Waals surface area (Å²) in [5.41, 5.74) is -2.10. The Labute approximate surface area is 127 Å². The predicted octanol–water partition coefficient (Wildman–Crippen LogP) is 2.44. The Morgan fingerprint density at radius 1 is 1.44 bits per heavy atom. The third-order valence-corrected chi connectivity index (χ3v) is 3.25. The van der Waals surface area contributed by atoms with Crippen molar-refractivity contribution < 1.29 is 25.8 Å². The Kier molecular flexibility index (Phi) is 1.23. The molecular formula is C14H24BNO2. The van der Waals surface area contributed by atoms with Crippen LogP contribution in [0.25, 0.3) is 0 Å². The molecule has 1 aromatic rings. The fourth-order valence-corrected chi connectivity index (χ4v) is 1.53. The molecule has 100 valence electrons. The van der Waals surface area contributed by atoms with Crippen molar-refractivity contribution >= 4 is 12.6 Å². The lowest BCUT2D eigenvalue weighted by Crippen LogP contribution is -2.41. The maximum absolute atomic E-state index is 8.35. The summed E-state index contributed by atoms with van der Waals surface area (Å²) in [4.78, 5) is 0. The number of rotatable bonds is 3. The summed E-state index contributed by atoms with van der Waals surface area (Å²) < 4.78 is 106. The summed E-state index contributed by atoms with van der Waals surface area (Å²) in [6.45, 7) is -4.04. The molecule has 4 heteroatoms. The van der Waals surface area contributed by atoms with Gasteiger partial charge in [-0.15, -0.1) is 0 Å². The smallest absolute Gasteiger partial charge is 0.399 e. The molecule has 0 unspecified atom stereocenters. The van der Waals surface area contributed by atoms with Gasteiger partial charge in [0, 0.05) is 36.6 Å². The highest BCUT2D eigenvalue weighted by Crippen LogP contribution is 2.36. The van der Waals surface area contributed by atoms with Crippen LogP contribution >= 0.6 is 0 Å². The first-order valence-electron chi connectivity index (χ1n) is 11.6. The molecule has 1 fully saturated rings. The van der Waals surface area contributed by atoms with Gasteiger partial charge in [0.1, 0.15) is 0 Å². The zero-order chi connectivity index (χ0) is 23.9. The quantitative estimate of drug-likeness (QED) is 0.780. The van der Waals surface area contributed by atoms with Gasteiger partial charge in [0.2, 0.25) is 0 Å². The molecular weight excluding hydrogens is 225 g/mol. The van der Waals surface area contributed by atoms with E-state index in [4.69, 9.17) is 25.8 Å². The Morgan fingerprint density at radius 2 is 2.06 bits per heavy atom. The van der Waals surface area contributed by atoms with Gasteiger partial charge in [0.05, 0.1) is 15.3 Å². The third kappa shape index (κ3) is 2.50. The molecule has 0 radical (unpaired) electrons. The van der Waals surface area contributed by atoms with Gasteiger partial charge in [-0.2, -0.15) is 0 Å². The largest absolute Gasteiger partial charge is 0.496 e. The van der Waals surface area contributed by atoms with Crippen LogP contribution in [0.2, 0.25) is 0 Å². The van der Waals surface area contributed by atoms with Crippen molar-refractivity contribution in [2.24, 2.45) is 5.89 Å². The van der Waals surface area contributed by atoms with E-state index in [0.29, 0.717) is 0 Å². The van der Waals surface area contributed by atoms with Crippen LogP contribution in [0.4, 0.5) is 0 Å². The molecule has 0 N–H and O–H groups in total. The average Bonchev–Trinajstić information content (AvgIpc) is 2.85. The maximum Gasteiger partial charge on any atom is 0.496 e. The summed E-state index contributed by atoms with van der Waals surface area (Å²) in [6, 6.07) is -0.680. The molecule has 1 aromatic heterocycles. The summed E-state index contributed by atoms with van der Waals surface area (Å²) in [6.07, 6.45) is -1.82. The first-order chi connectivity index (χ1) is 13.0. The van der Waals surface area contributed by atoms with Crippen LogP contribution in [0.15, 0.2) is 18.4 Å². The highest BCUT2D eigenvalue weighted by atomic mass is 16.7. The second-order valence-electron chi connectivity index (χ2n) is 5.17. The predicted molar refractivity (Wildman–Crippen MR) is 75.0 cm³/mol. The lowest BCUT2D eigenvalue weighted by molar-refractivity contribution is 0.00578. The molecule has 0 aromatic carbocycles. The van der Waals surface area contributed by atoms with E-state index in [0.717, 1.165) is 0 Å². The van der Waals surface area contributed by atoms with Crippen LogP contribution < -0.4 is 5.46 Å². The highest BCUT2D eigenvalue weighted by molar-refractivity contribution is 6.62. The minimum Gasteiger partial charge on any atom is -0.399 e. The fourth-order valence-electron chi connectivity index (χ4n) is 1.53. The monoisotopic (exact) mass is 261 g/mol. The number of hydrogen-bond donors (Lipinski definition) is 0. The maximum atomic E-state index is 8.35. The summed E-state index contributed by atoms with van der Waals surface area (Å²) in [5.74, 6) is -3.72. The van der Waals surface area contributed by atoms with Gasteiger partial charge in [0.25, 0.3) is 0 Å². The number of nitrogens with zero attached hydrogens (tertiary/aromatic N) is 1. The number of hydrogen-bond acceptors (Lipinski definition) is 2. The molecule has 3 nitrogen and oxygen atoms in total. The minimum absolute atomic E-state index is 0.140. The molecule has 18 heavy (non-hydrogen) atoms. The number of aromatic nitrogens is 1. The van der Waals surface area contributed by atoms with Crippen molar-refractivity contribution in [1.29, 1.82) is 0 Å². The van der Waals surface area contributed by atoms with Crippen LogP contribution in [0.1, 0.15) is 57.8 Å². The zero-order valence-corrected chi connectivity index (χ0v) is 10.8. The van der Waals surface area contributed by atoms with E-state index in [1.165, 1.54) is 0 Å². The van der Waals surface area contributed by atoms with E-state index in [-0.39, 0.29) is 10.0 Å². The van der Waals surface area contributed by atoms with E-state index < -0.39 is 62.8 Å². The third-order valence-electron chi connectivity index (χ3n) is 3.25. The fraction of sp³-hybridized carbons (Fsp3) is 0.714. The Hall–Kier alpha value is -0.735.